The van der Waals surface area contributed by atoms with Gasteiger partial charge < -0.3 is 15.2 Å². The highest BCUT2D eigenvalue weighted by atomic mass is 16.5. The smallest absolute Gasteiger partial charge is 0.103 e. The van der Waals surface area contributed by atoms with Gasteiger partial charge in [-0.05, 0) is 24.6 Å². The van der Waals surface area contributed by atoms with Crippen LogP contribution in [0.2, 0.25) is 0 Å². The maximum atomic E-state index is 10.1. The summed E-state index contributed by atoms with van der Waals surface area (Å²) in [7, 11) is 0. The van der Waals surface area contributed by atoms with Gasteiger partial charge in [0.2, 0.25) is 0 Å². The summed E-state index contributed by atoms with van der Waals surface area (Å²) in [6, 6.07) is 9.74. The zero-order valence-electron chi connectivity index (χ0n) is 10.5. The SMILES string of the molecule is CC(NCC1(O)CCOC1)c1cccc(C#N)c1. The molecule has 0 aromatic heterocycles. The normalized spacial score (nSPS) is 24.7. The number of nitrogens with zero attached hydrogens (tertiary/aromatic N) is 1. The highest BCUT2D eigenvalue weighted by Gasteiger charge is 2.32. The van der Waals surface area contributed by atoms with Crippen LogP contribution in [0.3, 0.4) is 0 Å². The molecule has 2 unspecified atom stereocenters. The molecule has 4 nitrogen and oxygen atoms in total. The van der Waals surface area contributed by atoms with E-state index in [1.807, 2.05) is 25.1 Å². The second kappa shape index (κ2) is 5.49. The van der Waals surface area contributed by atoms with Gasteiger partial charge in [0.25, 0.3) is 0 Å². The van der Waals surface area contributed by atoms with Crippen molar-refractivity contribution in [1.82, 2.24) is 5.32 Å². The summed E-state index contributed by atoms with van der Waals surface area (Å²) in [5.74, 6) is 0. The van der Waals surface area contributed by atoms with E-state index in [0.717, 1.165) is 5.56 Å². The van der Waals surface area contributed by atoms with Crippen LogP contribution in [0.1, 0.15) is 30.5 Å². The molecule has 0 amide bonds. The molecule has 1 fully saturated rings. The number of nitrogens with one attached hydrogen (secondary N) is 1. The van der Waals surface area contributed by atoms with Crippen molar-refractivity contribution in [2.45, 2.75) is 25.0 Å². The van der Waals surface area contributed by atoms with Crippen LogP contribution < -0.4 is 5.32 Å². The largest absolute Gasteiger partial charge is 0.386 e. The molecule has 2 rings (SSSR count). The quantitative estimate of drug-likeness (QED) is 0.842. The molecule has 4 heteroatoms. The summed E-state index contributed by atoms with van der Waals surface area (Å²) < 4.78 is 5.20. The van der Waals surface area contributed by atoms with E-state index < -0.39 is 5.60 Å². The third-order valence-electron chi connectivity index (χ3n) is 3.34. The Hall–Kier alpha value is -1.41. The van der Waals surface area contributed by atoms with Gasteiger partial charge in [-0.25, -0.2) is 0 Å². The van der Waals surface area contributed by atoms with E-state index in [0.29, 0.717) is 31.7 Å². The summed E-state index contributed by atoms with van der Waals surface area (Å²) in [6.07, 6.45) is 0.672. The number of hydrogen-bond acceptors (Lipinski definition) is 4. The molecule has 1 saturated heterocycles. The Morgan fingerprint density at radius 3 is 3.11 bits per heavy atom. The molecule has 1 aromatic carbocycles. The molecule has 96 valence electrons. The van der Waals surface area contributed by atoms with E-state index in [9.17, 15) is 5.11 Å². The lowest BCUT2D eigenvalue weighted by atomic mass is 10.0. The fourth-order valence-corrected chi connectivity index (χ4v) is 2.07. The van der Waals surface area contributed by atoms with Gasteiger partial charge in [0.15, 0.2) is 0 Å². The van der Waals surface area contributed by atoms with Gasteiger partial charge in [-0.2, -0.15) is 5.26 Å². The van der Waals surface area contributed by atoms with Crippen molar-refractivity contribution in [3.05, 3.63) is 35.4 Å². The van der Waals surface area contributed by atoms with E-state index in [4.69, 9.17) is 10.00 Å². The Kier molecular flexibility index (Phi) is 3.97. The van der Waals surface area contributed by atoms with E-state index in [-0.39, 0.29) is 6.04 Å². The molecule has 2 atom stereocenters. The second-order valence-electron chi connectivity index (χ2n) is 4.87. The maximum absolute atomic E-state index is 10.1. The van der Waals surface area contributed by atoms with Crippen LogP contribution in [0.25, 0.3) is 0 Å². The van der Waals surface area contributed by atoms with Gasteiger partial charge in [-0.15, -0.1) is 0 Å². The van der Waals surface area contributed by atoms with Crippen LogP contribution in [0.15, 0.2) is 24.3 Å². The molecule has 0 spiro atoms. The topological polar surface area (TPSA) is 65.3 Å². The minimum atomic E-state index is -0.749. The molecule has 0 saturated carbocycles. The lowest BCUT2D eigenvalue weighted by molar-refractivity contribution is 0.0252. The summed E-state index contributed by atoms with van der Waals surface area (Å²) in [4.78, 5) is 0. The number of ether oxygens (including phenoxy) is 1. The van der Waals surface area contributed by atoms with Crippen LogP contribution in [0.4, 0.5) is 0 Å². The van der Waals surface area contributed by atoms with E-state index in [2.05, 4.69) is 11.4 Å². The van der Waals surface area contributed by atoms with Crippen molar-refractivity contribution >= 4 is 0 Å². The first-order chi connectivity index (χ1) is 8.63. The molecule has 0 radical (unpaired) electrons. The average molecular weight is 246 g/mol. The number of benzene rings is 1. The monoisotopic (exact) mass is 246 g/mol. The van der Waals surface area contributed by atoms with Crippen molar-refractivity contribution in [2.24, 2.45) is 0 Å². The predicted molar refractivity (Wildman–Crippen MR) is 68.0 cm³/mol. The highest BCUT2D eigenvalue weighted by Crippen LogP contribution is 2.19. The lowest BCUT2D eigenvalue weighted by Crippen LogP contribution is -2.41. The van der Waals surface area contributed by atoms with Gasteiger partial charge in [0, 0.05) is 25.6 Å². The van der Waals surface area contributed by atoms with Gasteiger partial charge in [0.1, 0.15) is 5.60 Å². The zero-order chi connectivity index (χ0) is 13.0. The van der Waals surface area contributed by atoms with E-state index in [1.165, 1.54) is 0 Å². The molecule has 18 heavy (non-hydrogen) atoms. The predicted octanol–water partition coefficient (Wildman–Crippen LogP) is 1.36. The van der Waals surface area contributed by atoms with E-state index >= 15 is 0 Å². The molecule has 2 N–H and O–H groups in total. The molecule has 1 heterocycles. The number of rotatable bonds is 4. The zero-order valence-corrected chi connectivity index (χ0v) is 10.5. The first-order valence-corrected chi connectivity index (χ1v) is 6.16. The minimum absolute atomic E-state index is 0.0999. The first kappa shape index (κ1) is 13.0. The van der Waals surface area contributed by atoms with Crippen LogP contribution in [0.5, 0.6) is 0 Å². The molecular weight excluding hydrogens is 228 g/mol. The average Bonchev–Trinajstić information content (AvgIpc) is 2.83. The Bertz CT molecular complexity index is 447. The first-order valence-electron chi connectivity index (χ1n) is 6.16. The third kappa shape index (κ3) is 3.08. The molecule has 1 aliphatic heterocycles. The van der Waals surface area contributed by atoms with Crippen LogP contribution >= 0.6 is 0 Å². The van der Waals surface area contributed by atoms with Crippen LogP contribution in [-0.2, 0) is 4.74 Å². The van der Waals surface area contributed by atoms with Crippen molar-refractivity contribution < 1.29 is 9.84 Å². The maximum Gasteiger partial charge on any atom is 0.103 e. The van der Waals surface area contributed by atoms with Crippen LogP contribution in [-0.4, -0.2) is 30.5 Å². The Morgan fingerprint density at radius 1 is 1.61 bits per heavy atom. The highest BCUT2D eigenvalue weighted by molar-refractivity contribution is 5.34. The Balaban J connectivity index is 1.95. The van der Waals surface area contributed by atoms with Crippen LogP contribution in [0, 0.1) is 11.3 Å². The molecular formula is C14H18N2O2. The number of hydrogen-bond donors (Lipinski definition) is 2. The Morgan fingerprint density at radius 2 is 2.44 bits per heavy atom. The van der Waals surface area contributed by atoms with Gasteiger partial charge >= 0.3 is 0 Å². The third-order valence-corrected chi connectivity index (χ3v) is 3.34. The van der Waals surface area contributed by atoms with Gasteiger partial charge in [-0.3, -0.25) is 0 Å². The standard InChI is InChI=1S/C14H18N2O2/c1-11(13-4-2-3-12(7-13)8-15)16-9-14(17)5-6-18-10-14/h2-4,7,11,16-17H,5-6,9-10H2,1H3. The van der Waals surface area contributed by atoms with Crippen molar-refractivity contribution in [1.29, 1.82) is 5.26 Å². The Labute approximate surface area is 107 Å². The molecule has 1 aliphatic rings. The van der Waals surface area contributed by atoms with Crippen molar-refractivity contribution in [3.63, 3.8) is 0 Å². The fraction of sp³-hybridized carbons (Fsp3) is 0.500. The molecule has 0 aliphatic carbocycles. The summed E-state index contributed by atoms with van der Waals surface area (Å²) in [6.45, 7) is 3.54. The van der Waals surface area contributed by atoms with Gasteiger partial charge in [-0.1, -0.05) is 12.1 Å². The second-order valence-corrected chi connectivity index (χ2v) is 4.87. The minimum Gasteiger partial charge on any atom is -0.386 e. The lowest BCUT2D eigenvalue weighted by Gasteiger charge is -2.24. The van der Waals surface area contributed by atoms with Gasteiger partial charge in [0.05, 0.1) is 18.2 Å². The summed E-state index contributed by atoms with van der Waals surface area (Å²) in [5.41, 5.74) is 0.960. The molecule has 0 bridgehead atoms. The number of aliphatic hydroxyl groups is 1. The molecule has 1 aromatic rings. The fourth-order valence-electron chi connectivity index (χ4n) is 2.07. The summed E-state index contributed by atoms with van der Waals surface area (Å²) in [5, 5.41) is 22.3. The van der Waals surface area contributed by atoms with E-state index in [1.54, 1.807) is 6.07 Å². The van der Waals surface area contributed by atoms with Crippen molar-refractivity contribution in [3.8, 4) is 6.07 Å². The summed E-state index contributed by atoms with van der Waals surface area (Å²) >= 11 is 0. The van der Waals surface area contributed by atoms with Crippen molar-refractivity contribution in [2.75, 3.05) is 19.8 Å². The number of nitriles is 1.